The third kappa shape index (κ3) is 3.13. The summed E-state index contributed by atoms with van der Waals surface area (Å²) in [5.41, 5.74) is 2.78. The molecule has 4 aromatic rings. The molecule has 5 rings (SSSR count). The van der Waals surface area contributed by atoms with Crippen molar-refractivity contribution in [1.82, 2.24) is 24.6 Å². The third-order valence-corrected chi connectivity index (χ3v) is 5.87. The Morgan fingerprint density at radius 1 is 1.12 bits per heavy atom. The Labute approximate surface area is 182 Å². The number of nitrogens with one attached hydrogen (secondary N) is 2. The number of benzene rings is 2. The standard InChI is InChI=1S/C23H20F2N6O/c1-23(17-6-4-3-5-15(17)21-10-26-13-31(21)23)12-27-22(32)29-20-8-18(24)16(7-19(20)25)14-9-28-30(2)11-14/h3-11,13H,12H2,1-2H3,(H2,27,29,32)/t23-/m0/s1. The van der Waals surface area contributed by atoms with Crippen molar-refractivity contribution in [2.45, 2.75) is 12.5 Å². The maximum absolute atomic E-state index is 14.6. The molecule has 3 heterocycles. The Bertz CT molecular complexity index is 1340. The van der Waals surface area contributed by atoms with Crippen LogP contribution in [0.3, 0.4) is 0 Å². The molecule has 0 unspecified atom stereocenters. The van der Waals surface area contributed by atoms with Crippen molar-refractivity contribution in [3.63, 3.8) is 0 Å². The van der Waals surface area contributed by atoms with Gasteiger partial charge in [0.25, 0.3) is 0 Å². The maximum Gasteiger partial charge on any atom is 0.319 e. The lowest BCUT2D eigenvalue weighted by Crippen LogP contribution is -2.43. The Hall–Kier alpha value is -4.01. The summed E-state index contributed by atoms with van der Waals surface area (Å²) >= 11 is 0. The highest BCUT2D eigenvalue weighted by Crippen LogP contribution is 2.42. The first-order chi connectivity index (χ1) is 15.4. The summed E-state index contributed by atoms with van der Waals surface area (Å²) in [6.07, 6.45) is 6.54. The number of hydrogen-bond acceptors (Lipinski definition) is 3. The van der Waals surface area contributed by atoms with Crippen molar-refractivity contribution < 1.29 is 13.6 Å². The van der Waals surface area contributed by atoms with Crippen LogP contribution in [0, 0.1) is 11.6 Å². The van der Waals surface area contributed by atoms with E-state index in [-0.39, 0.29) is 17.8 Å². The van der Waals surface area contributed by atoms with E-state index in [1.807, 2.05) is 35.8 Å². The lowest BCUT2D eigenvalue weighted by Gasteiger charge is -2.28. The minimum absolute atomic E-state index is 0.0734. The highest BCUT2D eigenvalue weighted by Gasteiger charge is 2.39. The second-order valence-electron chi connectivity index (χ2n) is 7.99. The molecular weight excluding hydrogens is 414 g/mol. The molecule has 2 N–H and O–H groups in total. The molecule has 0 saturated carbocycles. The Kier molecular flexibility index (Phi) is 4.54. The van der Waals surface area contributed by atoms with Gasteiger partial charge in [0.1, 0.15) is 11.6 Å². The summed E-state index contributed by atoms with van der Waals surface area (Å²) in [7, 11) is 1.69. The second kappa shape index (κ2) is 7.30. The number of anilines is 1. The second-order valence-corrected chi connectivity index (χ2v) is 7.99. The van der Waals surface area contributed by atoms with Gasteiger partial charge in [0.15, 0.2) is 0 Å². The molecule has 2 aromatic carbocycles. The van der Waals surface area contributed by atoms with Crippen molar-refractivity contribution in [2.24, 2.45) is 7.05 Å². The van der Waals surface area contributed by atoms with Crippen molar-refractivity contribution in [3.05, 3.63) is 78.5 Å². The molecule has 162 valence electrons. The number of aromatic nitrogens is 4. The minimum atomic E-state index is -0.741. The summed E-state index contributed by atoms with van der Waals surface area (Å²) in [5.74, 6) is -1.40. The quantitative estimate of drug-likeness (QED) is 0.507. The summed E-state index contributed by atoms with van der Waals surface area (Å²) in [4.78, 5) is 16.8. The van der Waals surface area contributed by atoms with Gasteiger partial charge in [0.2, 0.25) is 0 Å². The molecule has 0 fully saturated rings. The van der Waals surface area contributed by atoms with Gasteiger partial charge in [-0.2, -0.15) is 5.10 Å². The first-order valence-corrected chi connectivity index (χ1v) is 10.0. The largest absolute Gasteiger partial charge is 0.335 e. The van der Waals surface area contributed by atoms with E-state index < -0.39 is 23.2 Å². The number of rotatable bonds is 4. The molecule has 1 atom stereocenters. The van der Waals surface area contributed by atoms with Crippen LogP contribution in [0.4, 0.5) is 19.3 Å². The number of hydrogen-bond donors (Lipinski definition) is 2. The van der Waals surface area contributed by atoms with Crippen molar-refractivity contribution >= 4 is 11.7 Å². The summed E-state index contributed by atoms with van der Waals surface area (Å²) in [6, 6.07) is 9.30. The molecule has 9 heteroatoms. The van der Waals surface area contributed by atoms with Crippen LogP contribution in [0.25, 0.3) is 22.4 Å². The monoisotopic (exact) mass is 434 g/mol. The van der Waals surface area contributed by atoms with Crippen LogP contribution < -0.4 is 10.6 Å². The number of fused-ring (bicyclic) bond motifs is 3. The molecule has 2 amide bonds. The van der Waals surface area contributed by atoms with Gasteiger partial charge in [0, 0.05) is 42.5 Å². The average Bonchev–Trinajstić information content (AvgIpc) is 3.48. The van der Waals surface area contributed by atoms with Crippen molar-refractivity contribution in [3.8, 4) is 22.4 Å². The van der Waals surface area contributed by atoms with Crippen LogP contribution >= 0.6 is 0 Å². The van der Waals surface area contributed by atoms with E-state index in [0.717, 1.165) is 29.0 Å². The lowest BCUT2D eigenvalue weighted by atomic mass is 9.91. The summed E-state index contributed by atoms with van der Waals surface area (Å²) in [6.45, 7) is 2.23. The van der Waals surface area contributed by atoms with E-state index in [9.17, 15) is 13.6 Å². The number of halogens is 2. The van der Waals surface area contributed by atoms with Gasteiger partial charge in [0.05, 0.1) is 35.6 Å². The number of amides is 2. The Morgan fingerprint density at radius 3 is 2.72 bits per heavy atom. The minimum Gasteiger partial charge on any atom is -0.335 e. The van der Waals surface area contributed by atoms with Gasteiger partial charge in [-0.05, 0) is 18.6 Å². The van der Waals surface area contributed by atoms with E-state index in [4.69, 9.17) is 0 Å². The molecule has 0 bridgehead atoms. The topological polar surface area (TPSA) is 76.8 Å². The predicted molar refractivity (Wildman–Crippen MR) is 116 cm³/mol. The lowest BCUT2D eigenvalue weighted by molar-refractivity contribution is 0.247. The molecule has 0 saturated heterocycles. The Balaban J connectivity index is 1.34. The van der Waals surface area contributed by atoms with Crippen LogP contribution in [-0.4, -0.2) is 31.9 Å². The van der Waals surface area contributed by atoms with E-state index in [2.05, 4.69) is 20.7 Å². The molecular formula is C23H20F2N6O. The average molecular weight is 434 g/mol. The van der Waals surface area contributed by atoms with Crippen LogP contribution in [0.1, 0.15) is 12.5 Å². The summed E-state index contributed by atoms with van der Waals surface area (Å²) in [5, 5.41) is 9.16. The number of nitrogens with zero attached hydrogens (tertiary/aromatic N) is 4. The number of aryl methyl sites for hydroxylation is 1. The van der Waals surface area contributed by atoms with E-state index >= 15 is 0 Å². The van der Waals surface area contributed by atoms with Gasteiger partial charge >= 0.3 is 6.03 Å². The predicted octanol–water partition coefficient (Wildman–Crippen LogP) is 4.13. The number of urea groups is 1. The zero-order chi connectivity index (χ0) is 22.5. The van der Waals surface area contributed by atoms with E-state index in [1.165, 1.54) is 10.9 Å². The zero-order valence-electron chi connectivity index (χ0n) is 17.4. The normalized spacial score (nSPS) is 16.5. The molecule has 0 aliphatic carbocycles. The zero-order valence-corrected chi connectivity index (χ0v) is 17.4. The maximum atomic E-state index is 14.6. The van der Waals surface area contributed by atoms with Crippen LogP contribution in [0.5, 0.6) is 0 Å². The first kappa shape index (κ1) is 19.9. The number of carbonyl (C=O) groups excluding carboxylic acids is 1. The highest BCUT2D eigenvalue weighted by atomic mass is 19.1. The van der Waals surface area contributed by atoms with E-state index in [0.29, 0.717) is 5.56 Å². The summed E-state index contributed by atoms with van der Waals surface area (Å²) < 4.78 is 32.7. The number of imidazole rings is 1. The van der Waals surface area contributed by atoms with Crippen molar-refractivity contribution in [1.29, 1.82) is 0 Å². The molecule has 1 aliphatic heterocycles. The third-order valence-electron chi connectivity index (χ3n) is 5.87. The fraction of sp³-hybridized carbons (Fsp3) is 0.174. The molecule has 1 aliphatic rings. The van der Waals surface area contributed by atoms with Crippen LogP contribution in [-0.2, 0) is 12.6 Å². The fourth-order valence-corrected chi connectivity index (χ4v) is 4.22. The van der Waals surface area contributed by atoms with Gasteiger partial charge in [-0.3, -0.25) is 4.68 Å². The van der Waals surface area contributed by atoms with Crippen LogP contribution in [0.2, 0.25) is 0 Å². The molecule has 2 aromatic heterocycles. The smallest absolute Gasteiger partial charge is 0.319 e. The molecule has 7 nitrogen and oxygen atoms in total. The van der Waals surface area contributed by atoms with Gasteiger partial charge in [-0.25, -0.2) is 18.6 Å². The van der Waals surface area contributed by atoms with Crippen LogP contribution in [0.15, 0.2) is 61.3 Å². The van der Waals surface area contributed by atoms with Gasteiger partial charge in [-0.1, -0.05) is 24.3 Å². The van der Waals surface area contributed by atoms with Gasteiger partial charge in [-0.15, -0.1) is 0 Å². The fourth-order valence-electron chi connectivity index (χ4n) is 4.22. The van der Waals surface area contributed by atoms with Gasteiger partial charge < -0.3 is 15.2 Å². The SMILES string of the molecule is Cn1cc(-c2cc(F)c(NC(=O)NC[C@@]3(C)c4ccccc4-c4cncn43)cc2F)cn1. The Morgan fingerprint density at radius 2 is 1.94 bits per heavy atom. The number of carbonyl (C=O) groups is 1. The molecule has 0 radical (unpaired) electrons. The van der Waals surface area contributed by atoms with E-state index in [1.54, 1.807) is 25.8 Å². The first-order valence-electron chi connectivity index (χ1n) is 10.0. The highest BCUT2D eigenvalue weighted by molar-refractivity contribution is 5.90. The van der Waals surface area contributed by atoms with Crippen molar-refractivity contribution in [2.75, 3.05) is 11.9 Å². The molecule has 32 heavy (non-hydrogen) atoms. The molecule has 0 spiro atoms.